The molecule has 3 aliphatic rings. The van der Waals surface area contributed by atoms with Gasteiger partial charge in [-0.15, -0.1) is 0 Å². The number of likely N-dealkylation sites (tertiary alicyclic amines) is 1. The fraction of sp³-hybridized carbons (Fsp3) is 0.708. The van der Waals surface area contributed by atoms with E-state index in [1.165, 1.54) is 25.7 Å². The number of ether oxygens (including phenoxy) is 3. The summed E-state index contributed by atoms with van der Waals surface area (Å²) in [6, 6.07) is 5.97. The minimum Gasteiger partial charge on any atom is -0.493 e. The minimum atomic E-state index is -0.238. The first kappa shape index (κ1) is 21.3. The predicted molar refractivity (Wildman–Crippen MR) is 116 cm³/mol. The molecule has 4 rings (SSSR count). The van der Waals surface area contributed by atoms with Crippen LogP contribution in [0.15, 0.2) is 18.2 Å². The average Bonchev–Trinajstić information content (AvgIpc) is 3.47. The highest BCUT2D eigenvalue weighted by molar-refractivity contribution is 5.87. The van der Waals surface area contributed by atoms with Crippen LogP contribution in [-0.2, 0) is 4.79 Å². The molecule has 6 nitrogen and oxygen atoms in total. The molecule has 1 N–H and O–H groups in total. The summed E-state index contributed by atoms with van der Waals surface area (Å²) in [4.78, 5) is 15.8. The lowest BCUT2D eigenvalue weighted by Crippen LogP contribution is -2.58. The van der Waals surface area contributed by atoms with Crippen molar-refractivity contribution in [1.82, 2.24) is 10.2 Å². The summed E-state index contributed by atoms with van der Waals surface area (Å²) in [5.41, 5.74) is -0.238. The van der Waals surface area contributed by atoms with Gasteiger partial charge in [0.15, 0.2) is 11.5 Å². The third-order valence-corrected chi connectivity index (χ3v) is 7.23. The van der Waals surface area contributed by atoms with Gasteiger partial charge in [-0.25, -0.2) is 0 Å². The van der Waals surface area contributed by atoms with E-state index < -0.39 is 0 Å². The number of methoxy groups -OCH3 is 2. The van der Waals surface area contributed by atoms with Gasteiger partial charge in [0.05, 0.1) is 20.3 Å². The number of nitrogens with one attached hydrogen (secondary N) is 1. The van der Waals surface area contributed by atoms with E-state index in [0.29, 0.717) is 11.5 Å². The van der Waals surface area contributed by atoms with Crippen LogP contribution in [0.5, 0.6) is 17.2 Å². The largest absolute Gasteiger partial charge is 0.493 e. The lowest BCUT2D eigenvalue weighted by atomic mass is 9.89. The molecule has 30 heavy (non-hydrogen) atoms. The van der Waals surface area contributed by atoms with E-state index in [2.05, 4.69) is 10.2 Å². The Hall–Kier alpha value is -1.95. The molecule has 0 bridgehead atoms. The van der Waals surface area contributed by atoms with Crippen molar-refractivity contribution in [3.63, 3.8) is 0 Å². The fourth-order valence-electron chi connectivity index (χ4n) is 5.57. The van der Waals surface area contributed by atoms with Crippen molar-refractivity contribution >= 4 is 5.91 Å². The van der Waals surface area contributed by atoms with Crippen molar-refractivity contribution in [2.45, 2.75) is 81.9 Å². The molecule has 166 valence electrons. The van der Waals surface area contributed by atoms with Crippen LogP contribution in [0.25, 0.3) is 0 Å². The average molecular weight is 417 g/mol. The topological polar surface area (TPSA) is 60.0 Å². The molecule has 1 aromatic carbocycles. The summed E-state index contributed by atoms with van der Waals surface area (Å²) in [5, 5.41) is 3.42. The zero-order valence-corrected chi connectivity index (χ0v) is 18.5. The molecule has 1 amide bonds. The number of para-hydroxylation sites is 1. The van der Waals surface area contributed by atoms with Gasteiger partial charge in [-0.05, 0) is 76.6 Å². The molecule has 0 aromatic heterocycles. The van der Waals surface area contributed by atoms with Crippen LogP contribution in [0.3, 0.4) is 0 Å². The molecule has 6 heteroatoms. The molecule has 2 aliphatic carbocycles. The molecule has 3 fully saturated rings. The number of carbonyl (C=O) groups excluding carboxylic acids is 1. The van der Waals surface area contributed by atoms with Gasteiger partial charge in [0.2, 0.25) is 11.7 Å². The van der Waals surface area contributed by atoms with Gasteiger partial charge in [-0.3, -0.25) is 9.69 Å². The van der Waals surface area contributed by atoms with Crippen molar-refractivity contribution in [1.29, 1.82) is 0 Å². The molecule has 0 radical (unpaired) electrons. The molecule has 0 atom stereocenters. The Labute approximate surface area is 180 Å². The number of benzene rings is 1. The molecule has 2 saturated carbocycles. The first-order chi connectivity index (χ1) is 14.7. The molecule has 1 saturated heterocycles. The summed E-state index contributed by atoms with van der Waals surface area (Å²) in [7, 11) is 3.27. The predicted octanol–water partition coefficient (Wildman–Crippen LogP) is 3.92. The highest BCUT2D eigenvalue weighted by Gasteiger charge is 2.47. The highest BCUT2D eigenvalue weighted by Crippen LogP contribution is 2.40. The van der Waals surface area contributed by atoms with Crippen LogP contribution in [0.4, 0.5) is 0 Å². The van der Waals surface area contributed by atoms with Crippen molar-refractivity contribution in [3.05, 3.63) is 18.2 Å². The quantitative estimate of drug-likeness (QED) is 0.730. The van der Waals surface area contributed by atoms with Crippen molar-refractivity contribution in [3.8, 4) is 17.2 Å². The molecule has 1 aliphatic heterocycles. The van der Waals surface area contributed by atoms with Crippen LogP contribution in [-0.4, -0.2) is 55.8 Å². The lowest BCUT2D eigenvalue weighted by Gasteiger charge is -2.39. The van der Waals surface area contributed by atoms with E-state index in [0.717, 1.165) is 57.4 Å². The first-order valence-electron chi connectivity index (χ1n) is 11.6. The monoisotopic (exact) mass is 416 g/mol. The van der Waals surface area contributed by atoms with E-state index in [1.807, 2.05) is 18.2 Å². The lowest BCUT2D eigenvalue weighted by molar-refractivity contribution is -0.134. The van der Waals surface area contributed by atoms with Crippen molar-refractivity contribution in [2.75, 3.05) is 27.3 Å². The zero-order chi connectivity index (χ0) is 21.0. The van der Waals surface area contributed by atoms with E-state index in [1.54, 1.807) is 14.2 Å². The number of rotatable bonds is 7. The summed E-state index contributed by atoms with van der Waals surface area (Å²) in [5.74, 6) is 2.33. The van der Waals surface area contributed by atoms with Crippen LogP contribution in [0.1, 0.15) is 64.2 Å². The van der Waals surface area contributed by atoms with Gasteiger partial charge in [-0.2, -0.15) is 0 Å². The van der Waals surface area contributed by atoms with Gasteiger partial charge < -0.3 is 19.5 Å². The molecule has 1 heterocycles. The summed E-state index contributed by atoms with van der Waals surface area (Å²) < 4.78 is 17.1. The Balaban J connectivity index is 1.32. The standard InChI is InChI=1S/C24H36N2O4/c1-28-20-8-7-9-21(22(20)29-2)30-19-12-10-18(11-13-19)25-23(27)24(14-3-4-15-24)26-16-5-6-17-26/h7-9,18-19H,3-6,10-17H2,1-2H3,(H,25,27). The van der Waals surface area contributed by atoms with E-state index >= 15 is 0 Å². The van der Waals surface area contributed by atoms with Crippen LogP contribution in [0.2, 0.25) is 0 Å². The van der Waals surface area contributed by atoms with E-state index in [4.69, 9.17) is 14.2 Å². The Kier molecular flexibility index (Phi) is 6.71. The summed E-state index contributed by atoms with van der Waals surface area (Å²) in [6.45, 7) is 2.16. The van der Waals surface area contributed by atoms with Crippen molar-refractivity contribution < 1.29 is 19.0 Å². The maximum absolute atomic E-state index is 13.3. The summed E-state index contributed by atoms with van der Waals surface area (Å²) in [6.07, 6.45) is 10.8. The third-order valence-electron chi connectivity index (χ3n) is 7.23. The molecule has 0 unspecified atom stereocenters. The number of hydrogen-bond acceptors (Lipinski definition) is 5. The van der Waals surface area contributed by atoms with Gasteiger partial charge in [0.1, 0.15) is 5.54 Å². The number of nitrogens with zero attached hydrogens (tertiary/aromatic N) is 1. The van der Waals surface area contributed by atoms with Gasteiger partial charge in [0, 0.05) is 6.04 Å². The molecule has 0 spiro atoms. The van der Waals surface area contributed by atoms with Gasteiger partial charge >= 0.3 is 0 Å². The second kappa shape index (κ2) is 9.46. The van der Waals surface area contributed by atoms with E-state index in [-0.39, 0.29) is 23.6 Å². The molecular formula is C24H36N2O4. The zero-order valence-electron chi connectivity index (χ0n) is 18.5. The van der Waals surface area contributed by atoms with Crippen molar-refractivity contribution in [2.24, 2.45) is 0 Å². The number of hydrogen-bond donors (Lipinski definition) is 1. The maximum atomic E-state index is 13.3. The van der Waals surface area contributed by atoms with Gasteiger partial charge in [0.25, 0.3) is 0 Å². The Bertz CT molecular complexity index is 718. The second-order valence-corrected chi connectivity index (χ2v) is 8.99. The first-order valence-corrected chi connectivity index (χ1v) is 11.6. The Morgan fingerprint density at radius 3 is 2.27 bits per heavy atom. The smallest absolute Gasteiger partial charge is 0.240 e. The SMILES string of the molecule is COc1cccc(OC2CCC(NC(=O)C3(N4CCCC4)CCCC3)CC2)c1OC. The Morgan fingerprint density at radius 1 is 0.967 bits per heavy atom. The third kappa shape index (κ3) is 4.25. The molecule has 1 aromatic rings. The van der Waals surface area contributed by atoms with Crippen LogP contribution < -0.4 is 19.5 Å². The van der Waals surface area contributed by atoms with Crippen LogP contribution >= 0.6 is 0 Å². The highest BCUT2D eigenvalue weighted by atomic mass is 16.5. The van der Waals surface area contributed by atoms with E-state index in [9.17, 15) is 4.79 Å². The minimum absolute atomic E-state index is 0.137. The Morgan fingerprint density at radius 2 is 1.63 bits per heavy atom. The number of carbonyl (C=O) groups is 1. The van der Waals surface area contributed by atoms with Gasteiger partial charge in [-0.1, -0.05) is 18.9 Å². The normalized spacial score (nSPS) is 26.3. The number of amides is 1. The fourth-order valence-corrected chi connectivity index (χ4v) is 5.57. The maximum Gasteiger partial charge on any atom is 0.240 e. The second-order valence-electron chi connectivity index (χ2n) is 8.99. The van der Waals surface area contributed by atoms with Crippen LogP contribution in [0, 0.1) is 0 Å². The molecular weight excluding hydrogens is 380 g/mol. The summed E-state index contributed by atoms with van der Waals surface area (Å²) >= 11 is 0.